The molecule has 16 heavy (non-hydrogen) atoms. The number of nitrogen functional groups attached to an aromatic ring is 1. The van der Waals surface area contributed by atoms with E-state index in [-0.39, 0.29) is 18.4 Å². The molecule has 2 rings (SSSR count). The summed E-state index contributed by atoms with van der Waals surface area (Å²) in [5.74, 6) is 0.0594. The monoisotopic (exact) mass is 241 g/mol. The second kappa shape index (κ2) is 4.85. The van der Waals surface area contributed by atoms with Crippen molar-refractivity contribution < 1.29 is 9.53 Å². The first-order valence-corrected chi connectivity index (χ1v) is 4.62. The van der Waals surface area contributed by atoms with Crippen LogP contribution in [0.15, 0.2) is 18.3 Å². The lowest BCUT2D eigenvalue weighted by Gasteiger charge is -1.96. The van der Waals surface area contributed by atoms with E-state index in [1.54, 1.807) is 25.3 Å². The number of esters is 1. The minimum Gasteiger partial charge on any atom is -0.461 e. The van der Waals surface area contributed by atoms with Crippen LogP contribution in [0.4, 0.5) is 5.82 Å². The summed E-state index contributed by atoms with van der Waals surface area (Å²) < 4.78 is 4.87. The number of hydrogen-bond donors (Lipinski definition) is 2. The lowest BCUT2D eigenvalue weighted by atomic mass is 10.3. The van der Waals surface area contributed by atoms with Gasteiger partial charge >= 0.3 is 5.97 Å². The van der Waals surface area contributed by atoms with Crippen molar-refractivity contribution in [1.82, 2.24) is 9.97 Å². The summed E-state index contributed by atoms with van der Waals surface area (Å²) in [7, 11) is 0. The molecule has 0 spiro atoms. The third kappa shape index (κ3) is 2.25. The molecule has 0 unspecified atom stereocenters. The Morgan fingerprint density at radius 2 is 2.31 bits per heavy atom. The summed E-state index contributed by atoms with van der Waals surface area (Å²) in [6.45, 7) is 2.12. The van der Waals surface area contributed by atoms with E-state index in [9.17, 15) is 4.79 Å². The number of anilines is 1. The fraction of sp³-hybridized carbons (Fsp3) is 0.200. The number of carbonyl (C=O) groups excluding carboxylic acids is 1. The number of fused-ring (bicyclic) bond motifs is 1. The van der Waals surface area contributed by atoms with E-state index in [4.69, 9.17) is 10.5 Å². The molecule has 3 N–H and O–H groups in total. The number of nitrogens with one attached hydrogen (secondary N) is 1. The third-order valence-electron chi connectivity index (χ3n) is 2.02. The highest BCUT2D eigenvalue weighted by Crippen LogP contribution is 2.16. The molecule has 0 saturated heterocycles. The Morgan fingerprint density at radius 1 is 1.56 bits per heavy atom. The maximum atomic E-state index is 11.4. The molecule has 0 radical (unpaired) electrons. The smallest absolute Gasteiger partial charge is 0.354 e. The molecule has 0 atom stereocenters. The van der Waals surface area contributed by atoms with Gasteiger partial charge in [0.2, 0.25) is 0 Å². The molecule has 0 fully saturated rings. The molecule has 0 aliphatic heterocycles. The van der Waals surface area contributed by atoms with Crippen molar-refractivity contribution in [3.05, 3.63) is 24.0 Å². The average molecular weight is 242 g/mol. The lowest BCUT2D eigenvalue weighted by Crippen LogP contribution is -2.04. The van der Waals surface area contributed by atoms with Gasteiger partial charge in [0.15, 0.2) is 0 Å². The van der Waals surface area contributed by atoms with E-state index in [2.05, 4.69) is 9.97 Å². The third-order valence-corrected chi connectivity index (χ3v) is 2.02. The van der Waals surface area contributed by atoms with E-state index < -0.39 is 0 Å². The molecule has 0 bridgehead atoms. The van der Waals surface area contributed by atoms with Gasteiger partial charge in [0.25, 0.3) is 0 Å². The zero-order chi connectivity index (χ0) is 10.8. The molecule has 6 heteroatoms. The maximum absolute atomic E-state index is 11.4. The van der Waals surface area contributed by atoms with Gasteiger partial charge in [-0.2, -0.15) is 0 Å². The Morgan fingerprint density at radius 3 is 3.00 bits per heavy atom. The van der Waals surface area contributed by atoms with Crippen LogP contribution in [0.5, 0.6) is 0 Å². The first-order valence-electron chi connectivity index (χ1n) is 4.62. The number of H-pyrrole nitrogens is 1. The largest absolute Gasteiger partial charge is 0.461 e. The topological polar surface area (TPSA) is 81.0 Å². The fourth-order valence-corrected chi connectivity index (χ4v) is 1.37. The van der Waals surface area contributed by atoms with E-state index in [0.29, 0.717) is 18.1 Å². The number of carbonyl (C=O) groups is 1. The van der Waals surface area contributed by atoms with Crippen LogP contribution in [0.2, 0.25) is 0 Å². The van der Waals surface area contributed by atoms with Crippen LogP contribution >= 0.6 is 12.4 Å². The highest BCUT2D eigenvalue weighted by molar-refractivity contribution is 5.95. The van der Waals surface area contributed by atoms with Crippen molar-refractivity contribution in [2.45, 2.75) is 6.92 Å². The second-order valence-corrected chi connectivity index (χ2v) is 3.10. The number of nitrogens with two attached hydrogens (primary N) is 1. The second-order valence-electron chi connectivity index (χ2n) is 3.10. The predicted molar refractivity (Wildman–Crippen MR) is 63.7 cm³/mol. The maximum Gasteiger partial charge on any atom is 0.354 e. The van der Waals surface area contributed by atoms with E-state index in [1.807, 2.05) is 0 Å². The lowest BCUT2D eigenvalue weighted by molar-refractivity contribution is 0.0520. The molecule has 0 aliphatic rings. The Labute approximate surface area is 98.4 Å². The highest BCUT2D eigenvalue weighted by Gasteiger charge is 2.10. The van der Waals surface area contributed by atoms with Crippen LogP contribution in [-0.2, 0) is 4.74 Å². The van der Waals surface area contributed by atoms with Crippen molar-refractivity contribution in [2.24, 2.45) is 0 Å². The Hall–Kier alpha value is -1.75. The van der Waals surface area contributed by atoms with Gasteiger partial charge in [-0.1, -0.05) is 0 Å². The SMILES string of the molecule is CCOC(=O)c1cc2cc(N)ncc2[nH]1.Cl. The summed E-state index contributed by atoms with van der Waals surface area (Å²) in [5, 5.41) is 0.852. The van der Waals surface area contributed by atoms with Gasteiger partial charge in [-0.15, -0.1) is 12.4 Å². The van der Waals surface area contributed by atoms with Gasteiger partial charge in [0.1, 0.15) is 11.5 Å². The van der Waals surface area contributed by atoms with Crippen LogP contribution in [0.3, 0.4) is 0 Å². The number of aromatic nitrogens is 2. The van der Waals surface area contributed by atoms with Crippen molar-refractivity contribution >= 4 is 35.1 Å². The first-order chi connectivity index (χ1) is 7.20. The Balaban J connectivity index is 0.00000128. The summed E-state index contributed by atoms with van der Waals surface area (Å²) >= 11 is 0. The van der Waals surface area contributed by atoms with Crippen LogP contribution < -0.4 is 5.73 Å². The van der Waals surface area contributed by atoms with E-state index in [1.165, 1.54) is 0 Å². The molecule has 5 nitrogen and oxygen atoms in total. The fourth-order valence-electron chi connectivity index (χ4n) is 1.37. The number of ether oxygens (including phenoxy) is 1. The molecule has 0 aromatic carbocycles. The number of rotatable bonds is 2. The Bertz CT molecular complexity index is 510. The van der Waals surface area contributed by atoms with Crippen LogP contribution in [0.25, 0.3) is 10.9 Å². The summed E-state index contributed by atoms with van der Waals surface area (Å²) in [6, 6.07) is 3.40. The van der Waals surface area contributed by atoms with Crippen molar-refractivity contribution in [3.63, 3.8) is 0 Å². The van der Waals surface area contributed by atoms with Gasteiger partial charge in [-0.05, 0) is 19.1 Å². The number of nitrogens with zero attached hydrogens (tertiary/aromatic N) is 1. The molecule has 86 valence electrons. The zero-order valence-electron chi connectivity index (χ0n) is 8.69. The average Bonchev–Trinajstić information content (AvgIpc) is 2.60. The van der Waals surface area contributed by atoms with E-state index >= 15 is 0 Å². The van der Waals surface area contributed by atoms with Crippen LogP contribution in [0.1, 0.15) is 17.4 Å². The quantitative estimate of drug-likeness (QED) is 0.785. The molecule has 0 aliphatic carbocycles. The van der Waals surface area contributed by atoms with Crippen LogP contribution in [0, 0.1) is 0 Å². The molecule has 2 heterocycles. The normalized spacial score (nSPS) is 9.81. The molecule has 0 amide bonds. The van der Waals surface area contributed by atoms with Gasteiger partial charge in [0.05, 0.1) is 18.3 Å². The standard InChI is InChI=1S/C10H11N3O2.ClH/c1-2-15-10(14)7-3-6-4-9(11)12-5-8(6)13-7;/h3-5,13H,2H2,1H3,(H2,11,12);1H. The summed E-state index contributed by atoms with van der Waals surface area (Å²) in [4.78, 5) is 18.2. The molecule has 2 aromatic heterocycles. The number of aromatic amines is 1. The number of pyridine rings is 1. The predicted octanol–water partition coefficient (Wildman–Crippen LogP) is 1.74. The minimum atomic E-state index is -0.368. The number of hydrogen-bond acceptors (Lipinski definition) is 4. The first kappa shape index (κ1) is 12.3. The minimum absolute atomic E-state index is 0. The highest BCUT2D eigenvalue weighted by atomic mass is 35.5. The molecule has 2 aromatic rings. The van der Waals surface area contributed by atoms with Gasteiger partial charge in [0, 0.05) is 5.39 Å². The Kier molecular flexibility index (Phi) is 3.73. The summed E-state index contributed by atoms with van der Waals surface area (Å²) in [6.07, 6.45) is 1.59. The zero-order valence-corrected chi connectivity index (χ0v) is 9.50. The molecule has 0 saturated carbocycles. The van der Waals surface area contributed by atoms with E-state index in [0.717, 1.165) is 10.9 Å². The van der Waals surface area contributed by atoms with Crippen molar-refractivity contribution in [2.75, 3.05) is 12.3 Å². The van der Waals surface area contributed by atoms with Crippen LogP contribution in [-0.4, -0.2) is 22.5 Å². The van der Waals surface area contributed by atoms with Gasteiger partial charge in [-0.3, -0.25) is 0 Å². The van der Waals surface area contributed by atoms with Crippen molar-refractivity contribution in [1.29, 1.82) is 0 Å². The molecular weight excluding hydrogens is 230 g/mol. The molecular formula is C10H12ClN3O2. The number of halogens is 1. The van der Waals surface area contributed by atoms with Gasteiger partial charge in [-0.25, -0.2) is 9.78 Å². The van der Waals surface area contributed by atoms with Crippen molar-refractivity contribution in [3.8, 4) is 0 Å². The van der Waals surface area contributed by atoms with Gasteiger partial charge < -0.3 is 15.5 Å². The summed E-state index contributed by atoms with van der Waals surface area (Å²) in [5.41, 5.74) is 6.71.